The predicted molar refractivity (Wildman–Crippen MR) is 60.7 cm³/mol. The van der Waals surface area contributed by atoms with E-state index in [1.165, 1.54) is 29.8 Å². The Bertz CT molecular complexity index is 363. The van der Waals surface area contributed by atoms with Crippen molar-refractivity contribution in [1.29, 1.82) is 0 Å². The summed E-state index contributed by atoms with van der Waals surface area (Å²) in [5, 5.41) is 3.66. The van der Waals surface area contributed by atoms with Gasteiger partial charge in [-0.05, 0) is 37.9 Å². The number of benzene rings is 1. The summed E-state index contributed by atoms with van der Waals surface area (Å²) in [6, 6.07) is 9.41. The number of hydrogen-bond acceptors (Lipinski definition) is 2. The lowest BCUT2D eigenvalue weighted by Crippen LogP contribution is -2.41. The molecule has 2 aliphatic rings. The van der Waals surface area contributed by atoms with E-state index in [1.54, 1.807) is 0 Å². The summed E-state index contributed by atoms with van der Waals surface area (Å²) in [4.78, 5) is 1.48. The highest BCUT2D eigenvalue weighted by Crippen LogP contribution is 2.55. The van der Waals surface area contributed by atoms with Crippen LogP contribution in [0.4, 0.5) is 0 Å². The Hall–Kier alpha value is -0.470. The van der Waals surface area contributed by atoms with E-state index in [2.05, 4.69) is 48.3 Å². The lowest BCUT2D eigenvalue weighted by molar-refractivity contribution is 0.346. The third kappa shape index (κ3) is 1.14. The monoisotopic (exact) mass is 205 g/mol. The highest BCUT2D eigenvalue weighted by Gasteiger charge is 2.44. The van der Waals surface area contributed by atoms with Gasteiger partial charge in [0.05, 0.1) is 0 Å². The largest absolute Gasteiger partial charge is 0.309 e. The van der Waals surface area contributed by atoms with Crippen LogP contribution in [-0.2, 0) is 0 Å². The molecule has 2 heteroatoms. The average Bonchev–Trinajstić information content (AvgIpc) is 2.49. The van der Waals surface area contributed by atoms with Crippen LogP contribution in [0.25, 0.3) is 0 Å². The van der Waals surface area contributed by atoms with Gasteiger partial charge in [0.2, 0.25) is 0 Å². The SMILES string of the molecule is C[C@@]12CCCN[C@@H]1c1ccccc1S2. The summed E-state index contributed by atoms with van der Waals surface area (Å²) in [6.45, 7) is 3.57. The zero-order valence-corrected chi connectivity index (χ0v) is 9.23. The molecule has 1 saturated heterocycles. The van der Waals surface area contributed by atoms with Gasteiger partial charge in [0.15, 0.2) is 0 Å². The first-order valence-corrected chi connectivity index (χ1v) is 6.13. The number of nitrogens with one attached hydrogen (secondary N) is 1. The first-order valence-electron chi connectivity index (χ1n) is 5.31. The van der Waals surface area contributed by atoms with Gasteiger partial charge < -0.3 is 5.32 Å². The molecule has 3 rings (SSSR count). The number of hydrogen-bond donors (Lipinski definition) is 1. The van der Waals surface area contributed by atoms with Crippen LogP contribution < -0.4 is 5.32 Å². The van der Waals surface area contributed by atoms with E-state index in [4.69, 9.17) is 0 Å². The summed E-state index contributed by atoms with van der Waals surface area (Å²) in [6.07, 6.45) is 2.65. The molecule has 2 atom stereocenters. The van der Waals surface area contributed by atoms with Gasteiger partial charge in [0, 0.05) is 15.7 Å². The molecule has 0 aromatic heterocycles. The Labute approximate surface area is 89.3 Å². The molecule has 2 heterocycles. The lowest BCUT2D eigenvalue weighted by atomic mass is 9.87. The summed E-state index contributed by atoms with van der Waals surface area (Å²) < 4.78 is 0.405. The summed E-state index contributed by atoms with van der Waals surface area (Å²) in [5.41, 5.74) is 1.51. The standard InChI is InChI=1S/C12H15NS/c1-12-7-4-8-13-11(12)9-5-2-3-6-10(9)14-12/h2-3,5-6,11,13H,4,7-8H2,1H3/t11-,12-/m1/s1. The van der Waals surface area contributed by atoms with E-state index < -0.39 is 0 Å². The Morgan fingerprint density at radius 1 is 1.43 bits per heavy atom. The van der Waals surface area contributed by atoms with Crippen LogP contribution in [0.15, 0.2) is 29.2 Å². The Kier molecular flexibility index (Phi) is 1.89. The molecule has 74 valence electrons. The van der Waals surface area contributed by atoms with Crippen molar-refractivity contribution in [3.63, 3.8) is 0 Å². The van der Waals surface area contributed by atoms with Gasteiger partial charge in [-0.15, -0.1) is 11.8 Å². The molecule has 0 unspecified atom stereocenters. The number of rotatable bonds is 0. The molecule has 0 aliphatic carbocycles. The molecular formula is C12H15NS. The first-order chi connectivity index (χ1) is 6.80. The topological polar surface area (TPSA) is 12.0 Å². The quantitative estimate of drug-likeness (QED) is 0.699. The van der Waals surface area contributed by atoms with Gasteiger partial charge in [-0.2, -0.15) is 0 Å². The van der Waals surface area contributed by atoms with Crippen molar-refractivity contribution >= 4 is 11.8 Å². The van der Waals surface area contributed by atoms with Gasteiger partial charge in [0.1, 0.15) is 0 Å². The number of thioether (sulfide) groups is 1. The van der Waals surface area contributed by atoms with Crippen molar-refractivity contribution < 1.29 is 0 Å². The van der Waals surface area contributed by atoms with Crippen LogP contribution in [0.1, 0.15) is 31.4 Å². The van der Waals surface area contributed by atoms with Gasteiger partial charge in [-0.1, -0.05) is 18.2 Å². The second kappa shape index (κ2) is 3.01. The highest BCUT2D eigenvalue weighted by atomic mass is 32.2. The Balaban J connectivity index is 2.07. The lowest BCUT2D eigenvalue weighted by Gasteiger charge is -2.36. The number of fused-ring (bicyclic) bond motifs is 3. The maximum Gasteiger partial charge on any atom is 0.0481 e. The summed E-state index contributed by atoms with van der Waals surface area (Å²) in [5.74, 6) is 0. The fourth-order valence-electron chi connectivity index (χ4n) is 2.66. The minimum Gasteiger partial charge on any atom is -0.309 e. The maximum atomic E-state index is 3.66. The van der Waals surface area contributed by atoms with E-state index in [9.17, 15) is 0 Å². The van der Waals surface area contributed by atoms with Crippen LogP contribution in [-0.4, -0.2) is 11.3 Å². The van der Waals surface area contributed by atoms with Crippen molar-refractivity contribution in [3.8, 4) is 0 Å². The van der Waals surface area contributed by atoms with Crippen molar-refractivity contribution in [3.05, 3.63) is 29.8 Å². The van der Waals surface area contributed by atoms with E-state index in [1.807, 2.05) is 0 Å². The van der Waals surface area contributed by atoms with Gasteiger partial charge >= 0.3 is 0 Å². The van der Waals surface area contributed by atoms with Crippen LogP contribution in [0, 0.1) is 0 Å². The molecule has 0 bridgehead atoms. The minimum atomic E-state index is 0.405. The zero-order chi connectivity index (χ0) is 9.60. The normalized spacial score (nSPS) is 35.1. The molecule has 14 heavy (non-hydrogen) atoms. The molecule has 0 amide bonds. The van der Waals surface area contributed by atoms with Gasteiger partial charge in [-0.3, -0.25) is 0 Å². The van der Waals surface area contributed by atoms with E-state index in [-0.39, 0.29) is 0 Å². The maximum absolute atomic E-state index is 3.66. The molecule has 2 aliphatic heterocycles. The highest BCUT2D eigenvalue weighted by molar-refractivity contribution is 8.01. The van der Waals surface area contributed by atoms with Crippen molar-refractivity contribution in [2.24, 2.45) is 0 Å². The summed E-state index contributed by atoms with van der Waals surface area (Å²) >= 11 is 2.06. The van der Waals surface area contributed by atoms with E-state index >= 15 is 0 Å². The molecule has 0 saturated carbocycles. The molecule has 1 aromatic carbocycles. The third-order valence-corrected chi connectivity index (χ3v) is 4.88. The molecule has 1 nitrogen and oxygen atoms in total. The molecule has 0 spiro atoms. The van der Waals surface area contributed by atoms with Crippen molar-refractivity contribution in [2.75, 3.05) is 6.54 Å². The molecule has 1 aromatic rings. The Morgan fingerprint density at radius 2 is 2.29 bits per heavy atom. The van der Waals surface area contributed by atoms with Crippen molar-refractivity contribution in [1.82, 2.24) is 5.32 Å². The van der Waals surface area contributed by atoms with E-state index in [0.29, 0.717) is 10.8 Å². The Morgan fingerprint density at radius 3 is 3.21 bits per heavy atom. The molecule has 1 N–H and O–H groups in total. The smallest absolute Gasteiger partial charge is 0.0481 e. The fourth-order valence-corrected chi connectivity index (χ4v) is 4.19. The second-order valence-electron chi connectivity index (χ2n) is 4.44. The van der Waals surface area contributed by atoms with Gasteiger partial charge in [0.25, 0.3) is 0 Å². The van der Waals surface area contributed by atoms with Crippen LogP contribution in [0.2, 0.25) is 0 Å². The van der Waals surface area contributed by atoms with Gasteiger partial charge in [-0.25, -0.2) is 0 Å². The zero-order valence-electron chi connectivity index (χ0n) is 8.42. The van der Waals surface area contributed by atoms with Crippen LogP contribution in [0.5, 0.6) is 0 Å². The third-order valence-electron chi connectivity index (χ3n) is 3.38. The van der Waals surface area contributed by atoms with Crippen molar-refractivity contribution in [2.45, 2.75) is 35.4 Å². The first kappa shape index (κ1) is 8.81. The van der Waals surface area contributed by atoms with E-state index in [0.717, 1.165) is 0 Å². The molecule has 0 radical (unpaired) electrons. The van der Waals surface area contributed by atoms with Crippen LogP contribution in [0.3, 0.4) is 0 Å². The second-order valence-corrected chi connectivity index (χ2v) is 6.02. The predicted octanol–water partition coefficient (Wildman–Crippen LogP) is 2.98. The fraction of sp³-hybridized carbons (Fsp3) is 0.500. The number of piperidine rings is 1. The molecule has 1 fully saturated rings. The molecular weight excluding hydrogens is 190 g/mol. The summed E-state index contributed by atoms with van der Waals surface area (Å²) in [7, 11) is 0. The minimum absolute atomic E-state index is 0.405. The average molecular weight is 205 g/mol. The van der Waals surface area contributed by atoms with Crippen LogP contribution >= 0.6 is 11.8 Å².